The molecule has 3 amide bonds. The summed E-state index contributed by atoms with van der Waals surface area (Å²) < 4.78 is 5.04. The van der Waals surface area contributed by atoms with Crippen LogP contribution in [0.25, 0.3) is 0 Å². The van der Waals surface area contributed by atoms with Gasteiger partial charge >= 0.3 is 6.09 Å². The van der Waals surface area contributed by atoms with E-state index < -0.39 is 30.3 Å². The number of aliphatic hydroxyl groups excluding tert-OH is 1. The Balaban J connectivity index is 4.62. The van der Waals surface area contributed by atoms with Crippen molar-refractivity contribution in [2.24, 2.45) is 11.8 Å². The Bertz CT molecular complexity index is 454. The topological polar surface area (TPSA) is 117 Å². The molecule has 4 N–H and O–H groups in total. The van der Waals surface area contributed by atoms with Gasteiger partial charge in [0.25, 0.3) is 5.91 Å². The Labute approximate surface area is 150 Å². The van der Waals surface area contributed by atoms with E-state index >= 15 is 0 Å². The van der Waals surface area contributed by atoms with Crippen molar-refractivity contribution >= 4 is 17.9 Å². The average Bonchev–Trinajstić information content (AvgIpc) is 2.51. The fourth-order valence-electron chi connectivity index (χ4n) is 1.92. The molecule has 0 aromatic heterocycles. The average molecular weight is 359 g/mol. The van der Waals surface area contributed by atoms with Gasteiger partial charge in [0.05, 0.1) is 18.6 Å². The number of nitrogens with one attached hydrogen (secondary N) is 3. The first kappa shape index (κ1) is 23.2. The molecule has 0 aliphatic rings. The summed E-state index contributed by atoms with van der Waals surface area (Å²) in [6, 6.07) is -0.669. The van der Waals surface area contributed by atoms with Crippen LogP contribution < -0.4 is 16.0 Å². The Morgan fingerprint density at radius 3 is 1.92 bits per heavy atom. The van der Waals surface area contributed by atoms with Crippen molar-refractivity contribution in [3.63, 3.8) is 0 Å². The maximum atomic E-state index is 12.3. The fraction of sp³-hybridized carbons (Fsp3) is 0.824. The highest BCUT2D eigenvalue weighted by molar-refractivity contribution is 5.84. The monoisotopic (exact) mass is 359 g/mol. The summed E-state index contributed by atoms with van der Waals surface area (Å²) in [5.74, 6) is -0.748. The SMILES string of the molecule is CNC(=O)OC(C(=O)NC(C)C(O)CC(=O)NC(C)C(C)C)C(C)C. The van der Waals surface area contributed by atoms with Crippen molar-refractivity contribution in [1.29, 1.82) is 0 Å². The molecule has 0 aromatic carbocycles. The highest BCUT2D eigenvalue weighted by Gasteiger charge is 2.29. The Morgan fingerprint density at radius 2 is 1.48 bits per heavy atom. The van der Waals surface area contributed by atoms with Crippen LogP contribution in [-0.4, -0.2) is 54.4 Å². The molecule has 0 radical (unpaired) electrons. The number of carbonyl (C=O) groups excluding carboxylic acids is 3. The van der Waals surface area contributed by atoms with E-state index in [0.717, 1.165) is 0 Å². The summed E-state index contributed by atoms with van der Waals surface area (Å²) >= 11 is 0. The molecular formula is C17H33N3O5. The number of carbonyl (C=O) groups is 3. The standard InChI is InChI=1S/C17H33N3O5/c1-9(2)11(5)19-14(22)8-13(21)12(6)20-16(23)15(10(3)4)25-17(24)18-7/h9-13,15,21H,8H2,1-7H3,(H,18,24)(H,19,22)(H,20,23). The highest BCUT2D eigenvalue weighted by Crippen LogP contribution is 2.09. The molecule has 0 aromatic rings. The predicted molar refractivity (Wildman–Crippen MR) is 94.8 cm³/mol. The molecule has 8 heteroatoms. The molecule has 0 aliphatic carbocycles. The van der Waals surface area contributed by atoms with Crippen molar-refractivity contribution in [3.05, 3.63) is 0 Å². The number of ether oxygens (including phenoxy) is 1. The molecule has 0 saturated carbocycles. The van der Waals surface area contributed by atoms with Crippen LogP contribution in [0, 0.1) is 11.8 Å². The van der Waals surface area contributed by atoms with Gasteiger partial charge in [0, 0.05) is 13.1 Å². The molecule has 25 heavy (non-hydrogen) atoms. The number of rotatable bonds is 9. The molecule has 0 aliphatic heterocycles. The van der Waals surface area contributed by atoms with E-state index in [1.165, 1.54) is 7.05 Å². The summed E-state index contributed by atoms with van der Waals surface area (Å²) in [6.45, 7) is 11.0. The largest absolute Gasteiger partial charge is 0.436 e. The van der Waals surface area contributed by atoms with E-state index in [9.17, 15) is 19.5 Å². The van der Waals surface area contributed by atoms with Crippen LogP contribution in [0.5, 0.6) is 0 Å². The number of amides is 3. The zero-order valence-electron chi connectivity index (χ0n) is 16.3. The minimum absolute atomic E-state index is 0.00382. The van der Waals surface area contributed by atoms with Gasteiger partial charge < -0.3 is 25.8 Å². The molecule has 0 rings (SSSR count). The first-order chi connectivity index (χ1) is 11.5. The molecule has 0 saturated heterocycles. The quantitative estimate of drug-likeness (QED) is 0.485. The van der Waals surface area contributed by atoms with Crippen molar-refractivity contribution in [2.45, 2.75) is 72.3 Å². The summed E-state index contributed by atoms with van der Waals surface area (Å²) in [6.07, 6.45) is -2.86. The normalized spacial score (nSPS) is 15.9. The Kier molecular flexibility index (Phi) is 10.1. The first-order valence-electron chi connectivity index (χ1n) is 8.65. The molecule has 0 bridgehead atoms. The summed E-state index contributed by atoms with van der Waals surface area (Å²) in [4.78, 5) is 35.5. The Morgan fingerprint density at radius 1 is 0.920 bits per heavy atom. The van der Waals surface area contributed by atoms with Crippen molar-refractivity contribution in [1.82, 2.24) is 16.0 Å². The van der Waals surface area contributed by atoms with Crippen LogP contribution in [0.2, 0.25) is 0 Å². The molecule has 4 atom stereocenters. The lowest BCUT2D eigenvalue weighted by Gasteiger charge is -2.25. The Hall–Kier alpha value is -1.83. The number of alkyl carbamates (subject to hydrolysis) is 1. The van der Waals surface area contributed by atoms with Gasteiger partial charge in [0.15, 0.2) is 6.10 Å². The first-order valence-corrected chi connectivity index (χ1v) is 8.65. The second-order valence-electron chi connectivity index (χ2n) is 6.99. The van der Waals surface area contributed by atoms with Gasteiger partial charge in [-0.25, -0.2) is 4.79 Å². The number of hydrogen-bond acceptors (Lipinski definition) is 5. The maximum Gasteiger partial charge on any atom is 0.407 e. The highest BCUT2D eigenvalue weighted by atomic mass is 16.6. The zero-order chi connectivity index (χ0) is 19.7. The minimum Gasteiger partial charge on any atom is -0.436 e. The van der Waals surface area contributed by atoms with Gasteiger partial charge in [-0.3, -0.25) is 9.59 Å². The van der Waals surface area contributed by atoms with Gasteiger partial charge in [-0.15, -0.1) is 0 Å². The third kappa shape index (κ3) is 8.72. The molecule has 0 heterocycles. The molecule has 4 unspecified atom stereocenters. The van der Waals surface area contributed by atoms with Crippen LogP contribution in [0.4, 0.5) is 4.79 Å². The van der Waals surface area contributed by atoms with Gasteiger partial charge in [0.2, 0.25) is 5.91 Å². The van der Waals surface area contributed by atoms with Gasteiger partial charge in [-0.2, -0.15) is 0 Å². The number of aliphatic hydroxyl groups is 1. The van der Waals surface area contributed by atoms with Crippen LogP contribution in [0.15, 0.2) is 0 Å². The lowest BCUT2D eigenvalue weighted by Crippen LogP contribution is -2.50. The third-order valence-corrected chi connectivity index (χ3v) is 4.03. The summed E-state index contributed by atoms with van der Waals surface area (Å²) in [5.41, 5.74) is 0. The van der Waals surface area contributed by atoms with E-state index in [1.807, 2.05) is 20.8 Å². The molecule has 0 fully saturated rings. The smallest absolute Gasteiger partial charge is 0.407 e. The third-order valence-electron chi connectivity index (χ3n) is 4.03. The van der Waals surface area contributed by atoms with E-state index in [0.29, 0.717) is 0 Å². The molecule has 8 nitrogen and oxygen atoms in total. The van der Waals surface area contributed by atoms with Crippen molar-refractivity contribution in [2.75, 3.05) is 7.05 Å². The predicted octanol–water partition coefficient (Wildman–Crippen LogP) is 0.783. The van der Waals surface area contributed by atoms with Gasteiger partial charge in [0.1, 0.15) is 0 Å². The van der Waals surface area contributed by atoms with E-state index in [4.69, 9.17) is 4.74 Å². The van der Waals surface area contributed by atoms with Crippen LogP contribution >= 0.6 is 0 Å². The van der Waals surface area contributed by atoms with Crippen molar-refractivity contribution in [3.8, 4) is 0 Å². The second-order valence-corrected chi connectivity index (χ2v) is 6.99. The second kappa shape index (κ2) is 10.9. The maximum absolute atomic E-state index is 12.3. The van der Waals surface area contributed by atoms with Crippen LogP contribution in [-0.2, 0) is 14.3 Å². The van der Waals surface area contributed by atoms with Crippen LogP contribution in [0.1, 0.15) is 48.0 Å². The molecule has 146 valence electrons. The summed E-state index contributed by atoms with van der Waals surface area (Å²) in [5, 5.41) is 17.8. The minimum atomic E-state index is -1.05. The van der Waals surface area contributed by atoms with Gasteiger partial charge in [-0.05, 0) is 25.7 Å². The van der Waals surface area contributed by atoms with Crippen molar-refractivity contribution < 1.29 is 24.2 Å². The molecular weight excluding hydrogens is 326 g/mol. The zero-order valence-corrected chi connectivity index (χ0v) is 16.3. The number of hydrogen-bond donors (Lipinski definition) is 4. The molecule has 0 spiro atoms. The fourth-order valence-corrected chi connectivity index (χ4v) is 1.92. The summed E-state index contributed by atoms with van der Waals surface area (Å²) in [7, 11) is 1.40. The lowest BCUT2D eigenvalue weighted by molar-refractivity contribution is -0.134. The van der Waals surface area contributed by atoms with Crippen LogP contribution in [0.3, 0.4) is 0 Å². The lowest BCUT2D eigenvalue weighted by atomic mass is 10.0. The van der Waals surface area contributed by atoms with E-state index in [1.54, 1.807) is 20.8 Å². The van der Waals surface area contributed by atoms with E-state index in [2.05, 4.69) is 16.0 Å². The van der Waals surface area contributed by atoms with Gasteiger partial charge in [-0.1, -0.05) is 27.7 Å². The van der Waals surface area contributed by atoms with E-state index in [-0.39, 0.29) is 30.2 Å².